The van der Waals surface area contributed by atoms with Crippen molar-refractivity contribution < 1.29 is 10.2 Å². The van der Waals surface area contributed by atoms with Gasteiger partial charge >= 0.3 is 0 Å². The summed E-state index contributed by atoms with van der Waals surface area (Å²) >= 11 is 1.52. The number of phenols is 2. The van der Waals surface area contributed by atoms with Crippen LogP contribution in [-0.2, 0) is 0 Å². The highest BCUT2D eigenvalue weighted by Gasteiger charge is 2.09. The predicted molar refractivity (Wildman–Crippen MR) is 77.8 cm³/mol. The lowest BCUT2D eigenvalue weighted by Crippen LogP contribution is -1.80. The number of hydrogen-bond acceptors (Lipinski definition) is 3. The highest BCUT2D eigenvalue weighted by atomic mass is 32.2. The second kappa shape index (κ2) is 4.86. The molecule has 19 heavy (non-hydrogen) atoms. The number of rotatable bonds is 2. The SMILES string of the molecule is Oc1ccc2c(Sc3ccccc3)c(O)ccc2c1. The largest absolute Gasteiger partial charge is 0.508 e. The summed E-state index contributed by atoms with van der Waals surface area (Å²) in [5, 5.41) is 21.4. The molecule has 0 fully saturated rings. The number of fused-ring (bicyclic) bond motifs is 1. The number of aromatic hydroxyl groups is 2. The molecule has 0 aliphatic carbocycles. The van der Waals surface area contributed by atoms with Crippen molar-refractivity contribution in [3.05, 3.63) is 60.7 Å². The first-order chi connectivity index (χ1) is 9.24. The van der Waals surface area contributed by atoms with Gasteiger partial charge < -0.3 is 10.2 Å². The molecule has 0 atom stereocenters. The maximum Gasteiger partial charge on any atom is 0.130 e. The normalized spacial score (nSPS) is 10.7. The van der Waals surface area contributed by atoms with Crippen molar-refractivity contribution in [3.63, 3.8) is 0 Å². The Labute approximate surface area is 115 Å². The summed E-state index contributed by atoms with van der Waals surface area (Å²) in [5.74, 6) is 0.487. The van der Waals surface area contributed by atoms with Gasteiger partial charge in [-0.3, -0.25) is 0 Å². The van der Waals surface area contributed by atoms with E-state index in [1.807, 2.05) is 36.4 Å². The molecule has 0 heterocycles. The fraction of sp³-hybridized carbons (Fsp3) is 0. The molecule has 0 bridgehead atoms. The highest BCUT2D eigenvalue weighted by Crippen LogP contribution is 2.40. The van der Waals surface area contributed by atoms with Gasteiger partial charge in [-0.25, -0.2) is 0 Å². The average molecular weight is 268 g/mol. The van der Waals surface area contributed by atoms with Gasteiger partial charge in [-0.2, -0.15) is 0 Å². The lowest BCUT2D eigenvalue weighted by molar-refractivity contribution is 0.463. The van der Waals surface area contributed by atoms with E-state index in [2.05, 4.69) is 0 Å². The van der Waals surface area contributed by atoms with E-state index in [9.17, 15) is 10.2 Å². The third kappa shape index (κ3) is 2.37. The van der Waals surface area contributed by atoms with Gasteiger partial charge in [-0.15, -0.1) is 0 Å². The first kappa shape index (κ1) is 11.9. The summed E-state index contributed by atoms with van der Waals surface area (Å²) in [6.07, 6.45) is 0. The molecule has 0 saturated carbocycles. The summed E-state index contributed by atoms with van der Waals surface area (Å²) in [6, 6.07) is 18.5. The number of phenolic OH excluding ortho intramolecular Hbond substituents is 2. The molecule has 3 aromatic rings. The van der Waals surface area contributed by atoms with Crippen molar-refractivity contribution in [2.75, 3.05) is 0 Å². The fourth-order valence-corrected chi connectivity index (χ4v) is 2.99. The zero-order chi connectivity index (χ0) is 13.2. The topological polar surface area (TPSA) is 40.5 Å². The summed E-state index contributed by atoms with van der Waals surface area (Å²) in [5.41, 5.74) is 0. The van der Waals surface area contributed by atoms with Crippen LogP contribution in [0.3, 0.4) is 0 Å². The van der Waals surface area contributed by atoms with Crippen molar-refractivity contribution in [2.45, 2.75) is 9.79 Å². The summed E-state index contributed by atoms with van der Waals surface area (Å²) in [4.78, 5) is 1.88. The van der Waals surface area contributed by atoms with Crippen LogP contribution in [0.4, 0.5) is 0 Å². The molecule has 3 rings (SSSR count). The second-order valence-electron chi connectivity index (χ2n) is 4.23. The van der Waals surface area contributed by atoms with E-state index in [0.29, 0.717) is 0 Å². The van der Waals surface area contributed by atoms with Gasteiger partial charge in [-0.05, 0) is 47.2 Å². The second-order valence-corrected chi connectivity index (χ2v) is 5.32. The van der Waals surface area contributed by atoms with Gasteiger partial charge in [-0.1, -0.05) is 36.0 Å². The maximum atomic E-state index is 10.1. The van der Waals surface area contributed by atoms with E-state index in [1.165, 1.54) is 11.8 Å². The van der Waals surface area contributed by atoms with E-state index in [-0.39, 0.29) is 11.5 Å². The third-order valence-corrected chi connectivity index (χ3v) is 4.04. The van der Waals surface area contributed by atoms with Crippen LogP contribution in [0.25, 0.3) is 10.8 Å². The van der Waals surface area contributed by atoms with Gasteiger partial charge in [0, 0.05) is 4.90 Å². The van der Waals surface area contributed by atoms with Crippen LogP contribution < -0.4 is 0 Å². The van der Waals surface area contributed by atoms with Gasteiger partial charge in [0.25, 0.3) is 0 Å². The fourth-order valence-electron chi connectivity index (χ4n) is 1.99. The van der Waals surface area contributed by atoms with Gasteiger partial charge in [0.05, 0.1) is 4.90 Å². The molecule has 2 N–H and O–H groups in total. The third-order valence-electron chi connectivity index (χ3n) is 2.90. The lowest BCUT2D eigenvalue weighted by Gasteiger charge is -2.09. The van der Waals surface area contributed by atoms with Crippen LogP contribution >= 0.6 is 11.8 Å². The van der Waals surface area contributed by atoms with Gasteiger partial charge in [0.1, 0.15) is 11.5 Å². The number of hydrogen-bond donors (Lipinski definition) is 2. The molecule has 0 amide bonds. The zero-order valence-electron chi connectivity index (χ0n) is 10.1. The smallest absolute Gasteiger partial charge is 0.130 e. The Balaban J connectivity index is 2.14. The Bertz CT molecular complexity index is 723. The molecule has 0 radical (unpaired) electrons. The van der Waals surface area contributed by atoms with Crippen LogP contribution in [0, 0.1) is 0 Å². The summed E-state index contributed by atoms with van der Waals surface area (Å²) in [7, 11) is 0. The minimum atomic E-state index is 0.230. The Morgan fingerprint density at radius 1 is 0.789 bits per heavy atom. The maximum absolute atomic E-state index is 10.1. The molecule has 94 valence electrons. The van der Waals surface area contributed by atoms with Crippen molar-refractivity contribution in [3.8, 4) is 11.5 Å². The lowest BCUT2D eigenvalue weighted by atomic mass is 10.1. The van der Waals surface area contributed by atoms with E-state index in [1.54, 1.807) is 24.3 Å². The Morgan fingerprint density at radius 3 is 2.37 bits per heavy atom. The number of benzene rings is 3. The Hall–Kier alpha value is -2.13. The van der Waals surface area contributed by atoms with Crippen molar-refractivity contribution in [1.29, 1.82) is 0 Å². The van der Waals surface area contributed by atoms with E-state index in [0.717, 1.165) is 20.6 Å². The van der Waals surface area contributed by atoms with Crippen molar-refractivity contribution in [2.24, 2.45) is 0 Å². The molecule has 0 aliphatic rings. The molecular formula is C16H12O2S. The minimum Gasteiger partial charge on any atom is -0.508 e. The standard InChI is InChI=1S/C16H12O2S/c17-12-7-8-14-11(10-12)6-9-15(18)16(14)19-13-4-2-1-3-5-13/h1-10,17-18H. The van der Waals surface area contributed by atoms with E-state index >= 15 is 0 Å². The molecule has 0 aromatic heterocycles. The van der Waals surface area contributed by atoms with Crippen molar-refractivity contribution >= 4 is 22.5 Å². The highest BCUT2D eigenvalue weighted by molar-refractivity contribution is 7.99. The molecule has 0 unspecified atom stereocenters. The van der Waals surface area contributed by atoms with Crippen LogP contribution in [0.15, 0.2) is 70.5 Å². The Kier molecular flexibility index (Phi) is 3.05. The van der Waals surface area contributed by atoms with Gasteiger partial charge in [0.2, 0.25) is 0 Å². The molecule has 0 saturated heterocycles. The van der Waals surface area contributed by atoms with Gasteiger partial charge in [0.15, 0.2) is 0 Å². The van der Waals surface area contributed by atoms with Crippen LogP contribution in [0.2, 0.25) is 0 Å². The molecule has 3 aromatic carbocycles. The minimum absolute atomic E-state index is 0.230. The molecule has 3 heteroatoms. The molecular weight excluding hydrogens is 256 g/mol. The van der Waals surface area contributed by atoms with Crippen LogP contribution in [-0.4, -0.2) is 10.2 Å². The molecule has 0 aliphatic heterocycles. The summed E-state index contributed by atoms with van der Waals surface area (Å²) in [6.45, 7) is 0. The first-order valence-electron chi connectivity index (χ1n) is 5.91. The Morgan fingerprint density at radius 2 is 1.58 bits per heavy atom. The quantitative estimate of drug-likeness (QED) is 0.723. The first-order valence-corrected chi connectivity index (χ1v) is 6.73. The van der Waals surface area contributed by atoms with E-state index < -0.39 is 0 Å². The molecule has 2 nitrogen and oxygen atoms in total. The van der Waals surface area contributed by atoms with Crippen LogP contribution in [0.5, 0.6) is 11.5 Å². The van der Waals surface area contributed by atoms with Crippen molar-refractivity contribution in [1.82, 2.24) is 0 Å². The van der Waals surface area contributed by atoms with E-state index in [4.69, 9.17) is 0 Å². The van der Waals surface area contributed by atoms with Crippen LogP contribution in [0.1, 0.15) is 0 Å². The molecule has 0 spiro atoms. The average Bonchev–Trinajstić information content (AvgIpc) is 2.43. The summed E-state index contributed by atoms with van der Waals surface area (Å²) < 4.78 is 0. The zero-order valence-corrected chi connectivity index (χ0v) is 10.9. The predicted octanol–water partition coefficient (Wildman–Crippen LogP) is 4.40. The monoisotopic (exact) mass is 268 g/mol.